The molecule has 0 saturated heterocycles. The quantitative estimate of drug-likeness (QED) is 0.408. The van der Waals surface area contributed by atoms with E-state index in [1.807, 2.05) is 6.92 Å². The molecule has 1 fully saturated rings. The summed E-state index contributed by atoms with van der Waals surface area (Å²) in [7, 11) is 0. The van der Waals surface area contributed by atoms with Crippen LogP contribution >= 0.6 is 11.6 Å². The number of nitrogens with zero attached hydrogens (tertiary/aromatic N) is 5. The van der Waals surface area contributed by atoms with Gasteiger partial charge in [-0.3, -0.25) is 4.79 Å². The van der Waals surface area contributed by atoms with Gasteiger partial charge in [-0.25, -0.2) is 14.4 Å². The number of benzene rings is 2. The van der Waals surface area contributed by atoms with Crippen LogP contribution in [-0.4, -0.2) is 43.1 Å². The number of hydrogen-bond acceptors (Lipinski definition) is 7. The zero-order valence-corrected chi connectivity index (χ0v) is 18.8. The Bertz CT molecular complexity index is 1340. The van der Waals surface area contributed by atoms with E-state index in [-0.39, 0.29) is 16.9 Å². The minimum Gasteiger partial charge on any atom is -0.464 e. The van der Waals surface area contributed by atoms with E-state index in [0.717, 1.165) is 5.56 Å². The summed E-state index contributed by atoms with van der Waals surface area (Å²) in [6, 6.07) is 10.3. The van der Waals surface area contributed by atoms with Crippen molar-refractivity contribution in [2.45, 2.75) is 25.2 Å². The topological polar surface area (TPSA) is 119 Å². The Hall–Kier alpha value is -3.92. The molecule has 1 aliphatic rings. The van der Waals surface area contributed by atoms with Crippen molar-refractivity contribution >= 4 is 23.2 Å². The molecule has 1 aliphatic carbocycles. The van der Waals surface area contributed by atoms with E-state index >= 15 is 0 Å². The predicted octanol–water partition coefficient (Wildman–Crippen LogP) is 4.19. The third-order valence-corrected chi connectivity index (χ3v) is 6.02. The first-order valence-electron chi connectivity index (χ1n) is 10.6. The Kier molecular flexibility index (Phi) is 5.66. The van der Waals surface area contributed by atoms with Gasteiger partial charge in [0.2, 0.25) is 11.7 Å². The number of anilines is 1. The molecule has 1 saturated carbocycles. The average molecular weight is 480 g/mol. The average Bonchev–Trinajstić information content (AvgIpc) is 3.47. The van der Waals surface area contributed by atoms with Gasteiger partial charge in [-0.15, -0.1) is 10.2 Å². The van der Waals surface area contributed by atoms with Crippen LogP contribution in [0, 0.1) is 5.82 Å². The third kappa shape index (κ3) is 3.96. The molecule has 2 aromatic carbocycles. The monoisotopic (exact) mass is 479 g/mol. The summed E-state index contributed by atoms with van der Waals surface area (Å²) in [6.07, 6.45) is 4.34. The molecule has 0 unspecified atom stereocenters. The molecule has 4 aromatic rings. The van der Waals surface area contributed by atoms with Crippen LogP contribution in [-0.2, 0) is 10.2 Å². The predicted molar refractivity (Wildman–Crippen MR) is 123 cm³/mol. The maximum Gasteiger partial charge on any atom is 0.316 e. The van der Waals surface area contributed by atoms with Crippen LogP contribution in [0.25, 0.3) is 22.5 Å². The van der Waals surface area contributed by atoms with Gasteiger partial charge in [0.15, 0.2) is 0 Å². The number of carbonyl (C=O) groups excluding carboxylic acids is 1. The number of rotatable bonds is 7. The van der Waals surface area contributed by atoms with Crippen molar-refractivity contribution in [1.82, 2.24) is 30.6 Å². The van der Waals surface area contributed by atoms with E-state index in [9.17, 15) is 9.18 Å². The van der Waals surface area contributed by atoms with Crippen molar-refractivity contribution < 1.29 is 13.9 Å². The molecule has 2 heterocycles. The van der Waals surface area contributed by atoms with Crippen molar-refractivity contribution in [3.05, 3.63) is 65.2 Å². The number of tetrazole rings is 1. The van der Waals surface area contributed by atoms with Gasteiger partial charge in [-0.05, 0) is 48.7 Å². The normalized spacial score (nSPS) is 14.0. The van der Waals surface area contributed by atoms with Crippen molar-refractivity contribution in [3.8, 4) is 28.5 Å². The molecular formula is C23H19ClFN7O2. The van der Waals surface area contributed by atoms with Crippen molar-refractivity contribution in [3.63, 3.8) is 0 Å². The first-order chi connectivity index (χ1) is 16.5. The van der Waals surface area contributed by atoms with Crippen LogP contribution in [0.2, 0.25) is 5.02 Å². The number of amides is 1. The Labute approximate surface area is 198 Å². The maximum atomic E-state index is 14.6. The van der Waals surface area contributed by atoms with E-state index in [1.54, 1.807) is 42.7 Å². The number of aromatic amines is 1. The highest BCUT2D eigenvalue weighted by Gasteiger charge is 2.53. The van der Waals surface area contributed by atoms with Crippen LogP contribution in [0.4, 0.5) is 10.1 Å². The van der Waals surface area contributed by atoms with Crippen molar-refractivity contribution in [2.75, 3.05) is 11.9 Å². The molecule has 0 spiro atoms. The van der Waals surface area contributed by atoms with Gasteiger partial charge in [0, 0.05) is 34.8 Å². The minimum absolute atomic E-state index is 0.00195. The van der Waals surface area contributed by atoms with E-state index in [4.69, 9.17) is 16.3 Å². The second-order valence-corrected chi connectivity index (χ2v) is 8.23. The molecule has 2 N–H and O–H groups in total. The zero-order valence-electron chi connectivity index (χ0n) is 18.0. The lowest BCUT2D eigenvalue weighted by Gasteiger charge is -2.18. The van der Waals surface area contributed by atoms with E-state index in [0.29, 0.717) is 47.7 Å². The lowest BCUT2D eigenvalue weighted by atomic mass is 9.94. The van der Waals surface area contributed by atoms with Crippen molar-refractivity contribution in [1.29, 1.82) is 0 Å². The molecule has 11 heteroatoms. The Morgan fingerprint density at radius 1 is 1.21 bits per heavy atom. The number of H-pyrrole nitrogens is 1. The summed E-state index contributed by atoms with van der Waals surface area (Å²) < 4.78 is 20.0. The molecule has 0 aliphatic heterocycles. The van der Waals surface area contributed by atoms with Crippen LogP contribution in [0.5, 0.6) is 6.01 Å². The Balaban J connectivity index is 1.47. The molecule has 0 radical (unpaired) electrons. The van der Waals surface area contributed by atoms with E-state index in [1.165, 1.54) is 6.07 Å². The first kappa shape index (κ1) is 21.9. The number of nitrogens with one attached hydrogen (secondary N) is 2. The smallest absolute Gasteiger partial charge is 0.316 e. The molecule has 0 bridgehead atoms. The highest BCUT2D eigenvalue weighted by atomic mass is 35.5. The van der Waals surface area contributed by atoms with Gasteiger partial charge in [-0.1, -0.05) is 29.8 Å². The van der Waals surface area contributed by atoms with Crippen molar-refractivity contribution in [2.24, 2.45) is 0 Å². The Morgan fingerprint density at radius 2 is 2.00 bits per heavy atom. The molecule has 2 aromatic heterocycles. The number of ether oxygens (including phenoxy) is 1. The second-order valence-electron chi connectivity index (χ2n) is 7.82. The highest BCUT2D eigenvalue weighted by Crippen LogP contribution is 2.50. The van der Waals surface area contributed by atoms with Gasteiger partial charge >= 0.3 is 6.01 Å². The van der Waals surface area contributed by atoms with E-state index in [2.05, 4.69) is 35.9 Å². The number of halogens is 2. The standard InChI is InChI=1S/C23H19ClFN7O2/c1-2-34-22-26-11-13(12-27-22)15-7-6-14(10-16(15)20-29-31-32-30-20)28-21(33)23(8-9-23)17-4-3-5-18(24)19(17)25/h3-7,10-12H,2,8-9H2,1H3,(H,28,33)(H,29,30,31,32). The van der Waals surface area contributed by atoms with Crippen LogP contribution < -0.4 is 10.1 Å². The summed E-state index contributed by atoms with van der Waals surface area (Å²) in [5.74, 6) is -0.526. The fraction of sp³-hybridized carbons (Fsp3) is 0.217. The van der Waals surface area contributed by atoms with Crippen LogP contribution in [0.1, 0.15) is 25.3 Å². The van der Waals surface area contributed by atoms with Gasteiger partial charge in [0.25, 0.3) is 0 Å². The number of carbonyl (C=O) groups is 1. The third-order valence-electron chi connectivity index (χ3n) is 5.73. The van der Waals surface area contributed by atoms with Crippen LogP contribution in [0.3, 0.4) is 0 Å². The second kappa shape index (κ2) is 8.79. The lowest BCUT2D eigenvalue weighted by molar-refractivity contribution is -0.118. The number of hydrogen-bond donors (Lipinski definition) is 2. The summed E-state index contributed by atoms with van der Waals surface area (Å²) in [4.78, 5) is 21.6. The van der Waals surface area contributed by atoms with Gasteiger partial charge < -0.3 is 10.1 Å². The lowest BCUT2D eigenvalue weighted by Crippen LogP contribution is -2.28. The van der Waals surface area contributed by atoms with Gasteiger partial charge in [-0.2, -0.15) is 5.21 Å². The molecule has 1 amide bonds. The largest absolute Gasteiger partial charge is 0.464 e. The van der Waals surface area contributed by atoms with Gasteiger partial charge in [0.1, 0.15) is 5.82 Å². The molecule has 34 heavy (non-hydrogen) atoms. The maximum absolute atomic E-state index is 14.6. The SMILES string of the molecule is CCOc1ncc(-c2ccc(NC(=O)C3(c4cccc(Cl)c4F)CC3)cc2-c2nn[nH]n2)cn1. The highest BCUT2D eigenvalue weighted by molar-refractivity contribution is 6.30. The molecule has 5 rings (SSSR count). The van der Waals surface area contributed by atoms with E-state index < -0.39 is 11.2 Å². The molecule has 172 valence electrons. The minimum atomic E-state index is -0.942. The first-order valence-corrected chi connectivity index (χ1v) is 11.0. The summed E-state index contributed by atoms with van der Waals surface area (Å²) >= 11 is 5.95. The van der Waals surface area contributed by atoms with Gasteiger partial charge in [0.05, 0.1) is 17.0 Å². The molecular weight excluding hydrogens is 461 g/mol. The summed E-state index contributed by atoms with van der Waals surface area (Å²) in [5, 5.41) is 17.1. The fourth-order valence-corrected chi connectivity index (χ4v) is 4.04. The van der Waals surface area contributed by atoms with Crippen LogP contribution in [0.15, 0.2) is 48.8 Å². The number of aromatic nitrogens is 6. The fourth-order valence-electron chi connectivity index (χ4n) is 3.86. The molecule has 0 atom stereocenters. The Morgan fingerprint density at radius 3 is 2.68 bits per heavy atom. The zero-order chi connectivity index (χ0) is 23.7. The summed E-state index contributed by atoms with van der Waals surface area (Å²) in [5.41, 5.74) is 1.93. The molecule has 9 nitrogen and oxygen atoms in total. The summed E-state index contributed by atoms with van der Waals surface area (Å²) in [6.45, 7) is 2.31.